The SMILES string of the molecule is OCC[C@@H](Nc1cc(C(F)(F)F)ccc1Cl)c1ccccc1. The van der Waals surface area contributed by atoms with Gasteiger partial charge in [-0.3, -0.25) is 0 Å². The number of rotatable bonds is 5. The maximum Gasteiger partial charge on any atom is 0.416 e. The monoisotopic (exact) mass is 329 g/mol. The lowest BCUT2D eigenvalue weighted by molar-refractivity contribution is -0.137. The average Bonchev–Trinajstić information content (AvgIpc) is 2.48. The number of aliphatic hydroxyl groups excluding tert-OH is 1. The molecule has 0 saturated carbocycles. The lowest BCUT2D eigenvalue weighted by Gasteiger charge is -2.21. The van der Waals surface area contributed by atoms with Crippen molar-refractivity contribution in [2.45, 2.75) is 18.6 Å². The van der Waals surface area contributed by atoms with Crippen molar-refractivity contribution < 1.29 is 18.3 Å². The van der Waals surface area contributed by atoms with E-state index in [1.165, 1.54) is 6.07 Å². The topological polar surface area (TPSA) is 32.3 Å². The molecule has 2 aromatic carbocycles. The second kappa shape index (κ2) is 7.03. The van der Waals surface area contributed by atoms with E-state index in [-0.39, 0.29) is 23.4 Å². The van der Waals surface area contributed by atoms with Crippen molar-refractivity contribution >= 4 is 17.3 Å². The Kier molecular flexibility index (Phi) is 5.32. The Morgan fingerprint density at radius 3 is 2.36 bits per heavy atom. The van der Waals surface area contributed by atoms with Gasteiger partial charge in [0.05, 0.1) is 22.3 Å². The molecular weight excluding hydrogens is 315 g/mol. The normalized spacial score (nSPS) is 13.0. The molecule has 22 heavy (non-hydrogen) atoms. The summed E-state index contributed by atoms with van der Waals surface area (Å²) < 4.78 is 38.4. The first kappa shape index (κ1) is 16.6. The summed E-state index contributed by atoms with van der Waals surface area (Å²) in [5.74, 6) is 0. The molecule has 0 aliphatic rings. The van der Waals surface area contributed by atoms with Gasteiger partial charge < -0.3 is 10.4 Å². The molecule has 2 nitrogen and oxygen atoms in total. The van der Waals surface area contributed by atoms with Crippen LogP contribution in [0.5, 0.6) is 0 Å². The van der Waals surface area contributed by atoms with Crippen LogP contribution in [0.3, 0.4) is 0 Å². The Hall–Kier alpha value is -1.72. The van der Waals surface area contributed by atoms with E-state index in [9.17, 15) is 18.3 Å². The molecule has 1 atom stereocenters. The van der Waals surface area contributed by atoms with Crippen molar-refractivity contribution in [1.29, 1.82) is 0 Å². The second-order valence-corrected chi connectivity index (χ2v) is 5.22. The van der Waals surface area contributed by atoms with Gasteiger partial charge >= 0.3 is 6.18 Å². The first-order valence-electron chi connectivity index (χ1n) is 6.71. The average molecular weight is 330 g/mol. The van der Waals surface area contributed by atoms with Crippen LogP contribution >= 0.6 is 11.6 Å². The molecule has 0 bridgehead atoms. The fraction of sp³-hybridized carbons (Fsp3) is 0.250. The number of anilines is 1. The van der Waals surface area contributed by atoms with E-state index < -0.39 is 11.7 Å². The highest BCUT2D eigenvalue weighted by Gasteiger charge is 2.31. The molecule has 2 aromatic rings. The van der Waals surface area contributed by atoms with E-state index in [2.05, 4.69) is 5.32 Å². The van der Waals surface area contributed by atoms with Gasteiger partial charge in [-0.15, -0.1) is 0 Å². The van der Waals surface area contributed by atoms with Gasteiger partial charge in [0.2, 0.25) is 0 Å². The summed E-state index contributed by atoms with van der Waals surface area (Å²) in [6.45, 7) is -0.0941. The third kappa shape index (κ3) is 4.15. The Morgan fingerprint density at radius 2 is 1.77 bits per heavy atom. The van der Waals surface area contributed by atoms with Gasteiger partial charge in [0.25, 0.3) is 0 Å². The Labute approximate surface area is 131 Å². The highest BCUT2D eigenvalue weighted by Crippen LogP contribution is 2.35. The third-order valence-corrected chi connectivity index (χ3v) is 3.57. The van der Waals surface area contributed by atoms with Crippen molar-refractivity contribution in [2.75, 3.05) is 11.9 Å². The smallest absolute Gasteiger partial charge is 0.396 e. The van der Waals surface area contributed by atoms with Crippen LogP contribution in [0.25, 0.3) is 0 Å². The minimum absolute atomic E-state index is 0.0941. The van der Waals surface area contributed by atoms with E-state index in [1.54, 1.807) is 0 Å². The van der Waals surface area contributed by atoms with Crippen molar-refractivity contribution in [1.82, 2.24) is 0 Å². The van der Waals surface area contributed by atoms with Gasteiger partial charge in [0.1, 0.15) is 0 Å². The first-order valence-corrected chi connectivity index (χ1v) is 7.08. The maximum absolute atomic E-state index is 12.8. The standard InChI is InChI=1S/C16H15ClF3NO/c17-13-7-6-12(16(18,19)20)10-15(13)21-14(8-9-22)11-4-2-1-3-5-11/h1-7,10,14,21-22H,8-9H2/t14-/m1/s1. The Bertz CT molecular complexity index is 617. The van der Waals surface area contributed by atoms with Crippen molar-refractivity contribution in [2.24, 2.45) is 0 Å². The summed E-state index contributed by atoms with van der Waals surface area (Å²) in [7, 11) is 0. The van der Waals surface area contributed by atoms with Gasteiger partial charge in [-0.25, -0.2) is 0 Å². The summed E-state index contributed by atoms with van der Waals surface area (Å²) in [4.78, 5) is 0. The van der Waals surface area contributed by atoms with Gasteiger partial charge in [-0.2, -0.15) is 13.2 Å². The summed E-state index contributed by atoms with van der Waals surface area (Å²) >= 11 is 5.99. The van der Waals surface area contributed by atoms with Gasteiger partial charge in [-0.1, -0.05) is 41.9 Å². The van der Waals surface area contributed by atoms with Crippen LogP contribution in [0.1, 0.15) is 23.6 Å². The third-order valence-electron chi connectivity index (χ3n) is 3.24. The van der Waals surface area contributed by atoms with Crippen LogP contribution in [0.2, 0.25) is 5.02 Å². The molecule has 0 fully saturated rings. The molecule has 118 valence electrons. The predicted molar refractivity (Wildman–Crippen MR) is 81.0 cm³/mol. The van der Waals surface area contributed by atoms with Crippen LogP contribution < -0.4 is 5.32 Å². The highest BCUT2D eigenvalue weighted by atomic mass is 35.5. The predicted octanol–water partition coefficient (Wildman–Crippen LogP) is 4.89. The maximum atomic E-state index is 12.8. The zero-order valence-electron chi connectivity index (χ0n) is 11.6. The zero-order chi connectivity index (χ0) is 16.2. The van der Waals surface area contributed by atoms with Gasteiger partial charge in [0, 0.05) is 6.61 Å². The van der Waals surface area contributed by atoms with Gasteiger partial charge in [0.15, 0.2) is 0 Å². The number of halogens is 4. The lowest BCUT2D eigenvalue weighted by atomic mass is 10.0. The fourth-order valence-electron chi connectivity index (χ4n) is 2.14. The molecule has 0 saturated heterocycles. The quantitative estimate of drug-likeness (QED) is 0.818. The van der Waals surface area contributed by atoms with E-state index in [0.29, 0.717) is 6.42 Å². The van der Waals surface area contributed by atoms with E-state index >= 15 is 0 Å². The molecule has 6 heteroatoms. The van der Waals surface area contributed by atoms with Crippen molar-refractivity contribution in [3.05, 3.63) is 64.7 Å². The van der Waals surface area contributed by atoms with Crippen LogP contribution in [0, 0.1) is 0 Å². The molecule has 0 unspecified atom stereocenters. The summed E-state index contributed by atoms with van der Waals surface area (Å²) in [5.41, 5.74) is 0.291. The molecule has 0 aliphatic carbocycles. The molecule has 0 radical (unpaired) electrons. The minimum Gasteiger partial charge on any atom is -0.396 e. The van der Waals surface area contributed by atoms with E-state index in [0.717, 1.165) is 17.7 Å². The second-order valence-electron chi connectivity index (χ2n) is 4.81. The molecular formula is C16H15ClF3NO. The molecule has 0 spiro atoms. The molecule has 0 aromatic heterocycles. The summed E-state index contributed by atoms with van der Waals surface area (Å²) in [6, 6.07) is 12.0. The number of hydrogen-bond donors (Lipinski definition) is 2. The van der Waals surface area contributed by atoms with Crippen molar-refractivity contribution in [3.63, 3.8) is 0 Å². The Balaban J connectivity index is 2.30. The summed E-state index contributed by atoms with van der Waals surface area (Å²) in [6.07, 6.45) is -4.07. The number of hydrogen-bond acceptors (Lipinski definition) is 2. The minimum atomic E-state index is -4.43. The van der Waals surface area contributed by atoms with Crippen LogP contribution in [-0.4, -0.2) is 11.7 Å². The number of benzene rings is 2. The van der Waals surface area contributed by atoms with Crippen LogP contribution in [0.4, 0.5) is 18.9 Å². The number of nitrogens with one attached hydrogen (secondary N) is 1. The molecule has 0 aliphatic heterocycles. The molecule has 0 amide bonds. The number of aliphatic hydroxyl groups is 1. The molecule has 2 rings (SSSR count). The van der Waals surface area contributed by atoms with E-state index in [4.69, 9.17) is 11.6 Å². The zero-order valence-corrected chi connectivity index (χ0v) is 12.3. The molecule has 0 heterocycles. The molecule has 2 N–H and O–H groups in total. The largest absolute Gasteiger partial charge is 0.416 e. The number of alkyl halides is 3. The van der Waals surface area contributed by atoms with Crippen LogP contribution in [-0.2, 0) is 6.18 Å². The highest BCUT2D eigenvalue weighted by molar-refractivity contribution is 6.33. The Morgan fingerprint density at radius 1 is 1.09 bits per heavy atom. The van der Waals surface area contributed by atoms with Gasteiger partial charge in [-0.05, 0) is 30.2 Å². The summed E-state index contributed by atoms with van der Waals surface area (Å²) in [5, 5.41) is 12.4. The first-order chi connectivity index (χ1) is 10.4. The van der Waals surface area contributed by atoms with E-state index in [1.807, 2.05) is 30.3 Å². The fourth-order valence-corrected chi connectivity index (χ4v) is 2.31. The van der Waals surface area contributed by atoms with Crippen molar-refractivity contribution in [3.8, 4) is 0 Å². The lowest BCUT2D eigenvalue weighted by Crippen LogP contribution is -2.14. The van der Waals surface area contributed by atoms with Crippen LogP contribution in [0.15, 0.2) is 48.5 Å².